The van der Waals surface area contributed by atoms with Crippen molar-refractivity contribution in [2.45, 2.75) is 26.8 Å². The SMILES string of the molecule is CC(C)(C)C1CN(c2ncc(Br)nc2-c2ccccc2Cl)CCN1C(=O)O. The van der Waals surface area contributed by atoms with Gasteiger partial charge in [-0.1, -0.05) is 50.6 Å². The van der Waals surface area contributed by atoms with E-state index >= 15 is 0 Å². The Balaban J connectivity index is 2.02. The number of halogens is 2. The molecule has 0 spiro atoms. The number of anilines is 1. The standard InChI is InChI=1S/C19H22BrClN4O2/c1-19(2,3)14-11-24(8-9-25(14)18(26)27)17-16(23-15(20)10-22-17)12-6-4-5-7-13(12)21/h4-7,10,14H,8-9,11H2,1-3H3,(H,26,27). The molecule has 0 bridgehead atoms. The molecule has 1 aliphatic heterocycles. The third-order valence-electron chi connectivity index (χ3n) is 4.78. The van der Waals surface area contributed by atoms with E-state index in [2.05, 4.69) is 51.6 Å². The summed E-state index contributed by atoms with van der Waals surface area (Å²) in [5.74, 6) is 0.714. The molecule has 2 heterocycles. The highest BCUT2D eigenvalue weighted by atomic mass is 79.9. The lowest BCUT2D eigenvalue weighted by atomic mass is 9.84. The van der Waals surface area contributed by atoms with Gasteiger partial charge in [-0.25, -0.2) is 14.8 Å². The molecular formula is C19H22BrClN4O2. The predicted molar refractivity (Wildman–Crippen MR) is 110 cm³/mol. The summed E-state index contributed by atoms with van der Waals surface area (Å²) in [6, 6.07) is 7.36. The van der Waals surface area contributed by atoms with Crippen LogP contribution >= 0.6 is 27.5 Å². The molecule has 1 N–H and O–H groups in total. The third kappa shape index (κ3) is 4.19. The number of benzene rings is 1. The first-order valence-electron chi connectivity index (χ1n) is 8.70. The van der Waals surface area contributed by atoms with Gasteiger partial charge in [-0.2, -0.15) is 0 Å². The van der Waals surface area contributed by atoms with Crippen LogP contribution in [0.1, 0.15) is 20.8 Å². The van der Waals surface area contributed by atoms with Crippen molar-refractivity contribution in [3.8, 4) is 11.3 Å². The van der Waals surface area contributed by atoms with Crippen LogP contribution in [0, 0.1) is 5.41 Å². The monoisotopic (exact) mass is 452 g/mol. The minimum absolute atomic E-state index is 0.159. The van der Waals surface area contributed by atoms with Crippen LogP contribution in [0.2, 0.25) is 5.02 Å². The van der Waals surface area contributed by atoms with Crippen molar-refractivity contribution in [3.05, 3.63) is 40.1 Å². The number of rotatable bonds is 2. The van der Waals surface area contributed by atoms with Gasteiger partial charge in [0.25, 0.3) is 0 Å². The molecule has 3 rings (SSSR count). The van der Waals surface area contributed by atoms with Gasteiger partial charge in [-0.05, 0) is 27.4 Å². The Hall–Kier alpha value is -1.86. The van der Waals surface area contributed by atoms with E-state index in [9.17, 15) is 9.90 Å². The molecule has 1 aromatic heterocycles. The van der Waals surface area contributed by atoms with Gasteiger partial charge in [-0.15, -0.1) is 0 Å². The number of piperazine rings is 1. The number of amides is 1. The molecule has 1 aliphatic rings. The van der Waals surface area contributed by atoms with E-state index in [-0.39, 0.29) is 11.5 Å². The molecule has 27 heavy (non-hydrogen) atoms. The molecule has 1 saturated heterocycles. The van der Waals surface area contributed by atoms with Crippen LogP contribution in [0.4, 0.5) is 10.6 Å². The predicted octanol–water partition coefficient (Wildman–Crippen LogP) is 4.77. The summed E-state index contributed by atoms with van der Waals surface area (Å²) in [5, 5.41) is 10.2. The lowest BCUT2D eigenvalue weighted by molar-refractivity contribution is 0.0747. The second-order valence-electron chi connectivity index (χ2n) is 7.65. The maximum atomic E-state index is 11.7. The van der Waals surface area contributed by atoms with Gasteiger partial charge < -0.3 is 14.9 Å². The summed E-state index contributed by atoms with van der Waals surface area (Å²) >= 11 is 9.79. The Kier molecular flexibility index (Phi) is 5.63. The van der Waals surface area contributed by atoms with Gasteiger partial charge in [0.1, 0.15) is 10.3 Å². The van der Waals surface area contributed by atoms with Crippen molar-refractivity contribution >= 4 is 39.4 Å². The maximum absolute atomic E-state index is 11.7. The summed E-state index contributed by atoms with van der Waals surface area (Å²) in [6.07, 6.45) is 0.772. The fourth-order valence-electron chi connectivity index (χ4n) is 3.37. The van der Waals surface area contributed by atoms with Crippen molar-refractivity contribution in [2.75, 3.05) is 24.5 Å². The van der Waals surface area contributed by atoms with Crippen molar-refractivity contribution in [3.63, 3.8) is 0 Å². The molecule has 6 nitrogen and oxygen atoms in total. The number of carbonyl (C=O) groups is 1. The van der Waals surface area contributed by atoms with Gasteiger partial charge in [0.05, 0.1) is 17.3 Å². The average molecular weight is 454 g/mol. The molecule has 1 unspecified atom stereocenters. The highest BCUT2D eigenvalue weighted by Gasteiger charge is 2.39. The quantitative estimate of drug-likeness (QED) is 0.709. The number of carboxylic acid groups (broad SMARTS) is 1. The van der Waals surface area contributed by atoms with Gasteiger partial charge in [0.2, 0.25) is 0 Å². The van der Waals surface area contributed by atoms with Crippen molar-refractivity contribution in [1.82, 2.24) is 14.9 Å². The zero-order valence-electron chi connectivity index (χ0n) is 15.5. The summed E-state index contributed by atoms with van der Waals surface area (Å²) in [6.45, 7) is 7.67. The summed E-state index contributed by atoms with van der Waals surface area (Å²) in [5.41, 5.74) is 1.28. The first kappa shape index (κ1) is 19.9. The van der Waals surface area contributed by atoms with E-state index in [0.29, 0.717) is 40.8 Å². The molecule has 1 atom stereocenters. The van der Waals surface area contributed by atoms with Crippen LogP contribution in [0.15, 0.2) is 35.1 Å². The Morgan fingerprint density at radius 3 is 2.63 bits per heavy atom. The van der Waals surface area contributed by atoms with Gasteiger partial charge in [-0.3, -0.25) is 0 Å². The van der Waals surface area contributed by atoms with Crippen LogP contribution in [0.3, 0.4) is 0 Å². The molecule has 144 valence electrons. The van der Waals surface area contributed by atoms with Crippen molar-refractivity contribution < 1.29 is 9.90 Å². The van der Waals surface area contributed by atoms with Gasteiger partial charge >= 0.3 is 6.09 Å². The number of nitrogens with zero attached hydrogens (tertiary/aromatic N) is 4. The number of hydrogen-bond acceptors (Lipinski definition) is 4. The molecule has 2 aromatic rings. The fourth-order valence-corrected chi connectivity index (χ4v) is 3.88. The molecule has 0 aliphatic carbocycles. The highest BCUT2D eigenvalue weighted by molar-refractivity contribution is 9.10. The van der Waals surface area contributed by atoms with E-state index in [1.165, 1.54) is 4.90 Å². The third-order valence-corrected chi connectivity index (χ3v) is 5.49. The fraction of sp³-hybridized carbons (Fsp3) is 0.421. The minimum atomic E-state index is -0.886. The first-order valence-corrected chi connectivity index (χ1v) is 9.87. The molecule has 0 saturated carbocycles. The normalized spacial score (nSPS) is 17.9. The lowest BCUT2D eigenvalue weighted by Crippen LogP contribution is -2.59. The minimum Gasteiger partial charge on any atom is -0.465 e. The van der Waals surface area contributed by atoms with E-state index in [0.717, 1.165) is 5.56 Å². The smallest absolute Gasteiger partial charge is 0.407 e. The summed E-state index contributed by atoms with van der Waals surface area (Å²) in [7, 11) is 0. The van der Waals surface area contributed by atoms with E-state index in [1.807, 2.05) is 24.3 Å². The van der Waals surface area contributed by atoms with Gasteiger partial charge in [0, 0.05) is 25.2 Å². The Morgan fingerprint density at radius 1 is 1.30 bits per heavy atom. The van der Waals surface area contributed by atoms with E-state index in [4.69, 9.17) is 11.6 Å². The second-order valence-corrected chi connectivity index (χ2v) is 8.87. The van der Waals surface area contributed by atoms with Crippen LogP contribution in [0.25, 0.3) is 11.3 Å². The largest absolute Gasteiger partial charge is 0.465 e. The summed E-state index contributed by atoms with van der Waals surface area (Å²) < 4.78 is 0.623. The highest BCUT2D eigenvalue weighted by Crippen LogP contribution is 2.36. The van der Waals surface area contributed by atoms with Crippen LogP contribution in [-0.2, 0) is 0 Å². The average Bonchev–Trinajstić information content (AvgIpc) is 2.61. The molecule has 1 amide bonds. The molecule has 1 aromatic carbocycles. The molecule has 0 radical (unpaired) electrons. The Morgan fingerprint density at radius 2 is 2.00 bits per heavy atom. The number of hydrogen-bond donors (Lipinski definition) is 1. The van der Waals surface area contributed by atoms with Crippen LogP contribution in [0.5, 0.6) is 0 Å². The van der Waals surface area contributed by atoms with E-state index in [1.54, 1.807) is 6.20 Å². The molecule has 8 heteroatoms. The topological polar surface area (TPSA) is 69.6 Å². The molecule has 1 fully saturated rings. The second kappa shape index (κ2) is 7.64. The molecular weight excluding hydrogens is 432 g/mol. The van der Waals surface area contributed by atoms with E-state index < -0.39 is 6.09 Å². The zero-order chi connectivity index (χ0) is 19.8. The number of aromatic nitrogens is 2. The lowest BCUT2D eigenvalue weighted by Gasteiger charge is -2.46. The van der Waals surface area contributed by atoms with Crippen molar-refractivity contribution in [1.29, 1.82) is 0 Å². The van der Waals surface area contributed by atoms with Crippen molar-refractivity contribution in [2.24, 2.45) is 5.41 Å². The first-order chi connectivity index (χ1) is 12.7. The van der Waals surface area contributed by atoms with Gasteiger partial charge in [0.15, 0.2) is 5.82 Å². The Labute approximate surface area is 172 Å². The zero-order valence-corrected chi connectivity index (χ0v) is 17.8. The van der Waals surface area contributed by atoms with Crippen LogP contribution < -0.4 is 4.90 Å². The summed E-state index contributed by atoms with van der Waals surface area (Å²) in [4.78, 5) is 24.5. The maximum Gasteiger partial charge on any atom is 0.407 e. The Bertz CT molecular complexity index is 856. The van der Waals surface area contributed by atoms with Crippen LogP contribution in [-0.4, -0.2) is 51.7 Å².